The lowest BCUT2D eigenvalue weighted by Crippen LogP contribution is -2.06. The van der Waals surface area contributed by atoms with Gasteiger partial charge in [-0.15, -0.1) is 0 Å². The average molecular weight is 342 g/mol. The third-order valence-corrected chi connectivity index (χ3v) is 3.47. The Labute approximate surface area is 141 Å². The van der Waals surface area contributed by atoms with Crippen molar-refractivity contribution >= 4 is 28.8 Å². The Hall–Kier alpha value is -3.68. The normalized spacial score (nSPS) is 9.96. The molecule has 4 N–H and O–H groups in total. The number of hydrogen-bond donors (Lipinski definition) is 4. The van der Waals surface area contributed by atoms with Gasteiger partial charge in [0.2, 0.25) is 0 Å². The molecule has 3 aromatic rings. The predicted molar refractivity (Wildman–Crippen MR) is 88.2 cm³/mol. The van der Waals surface area contributed by atoms with Crippen molar-refractivity contribution in [2.45, 2.75) is 6.92 Å². The third-order valence-electron chi connectivity index (χ3n) is 3.47. The number of H-pyrrole nitrogens is 1. The van der Waals surface area contributed by atoms with Gasteiger partial charge in [-0.05, 0) is 30.7 Å². The summed E-state index contributed by atoms with van der Waals surface area (Å²) in [4.78, 5) is 31.8. The van der Waals surface area contributed by atoms with Crippen LogP contribution < -0.4 is 0 Å². The van der Waals surface area contributed by atoms with E-state index in [2.05, 4.69) is 10.2 Å². The zero-order valence-electron chi connectivity index (χ0n) is 13.1. The van der Waals surface area contributed by atoms with Crippen LogP contribution in [0, 0.1) is 6.92 Å². The van der Waals surface area contributed by atoms with Gasteiger partial charge in [0, 0.05) is 5.39 Å². The van der Waals surface area contributed by atoms with E-state index in [-0.39, 0.29) is 22.4 Å². The molecule has 8 heteroatoms. The van der Waals surface area contributed by atoms with Gasteiger partial charge < -0.3 is 15.3 Å². The molecule has 0 amide bonds. The molecule has 3 rings (SSSR count). The van der Waals surface area contributed by atoms with E-state index in [4.69, 9.17) is 15.3 Å². The van der Waals surface area contributed by atoms with E-state index in [1.165, 1.54) is 25.1 Å². The van der Waals surface area contributed by atoms with Gasteiger partial charge >= 0.3 is 17.9 Å². The van der Waals surface area contributed by atoms with E-state index in [0.29, 0.717) is 5.39 Å². The van der Waals surface area contributed by atoms with Crippen molar-refractivity contribution in [3.63, 3.8) is 0 Å². The van der Waals surface area contributed by atoms with Crippen molar-refractivity contribution in [1.82, 2.24) is 10.2 Å². The first-order valence-corrected chi connectivity index (χ1v) is 7.05. The number of benzene rings is 2. The molecule has 0 radical (unpaired) electrons. The second kappa shape index (κ2) is 7.26. The SMILES string of the molecule is Cc1c(C(=O)O)cccc1C(=O)O.O=C(O)c1n[nH]c2ccccc12. The van der Waals surface area contributed by atoms with Crippen LogP contribution in [0.1, 0.15) is 36.8 Å². The Morgan fingerprint density at radius 1 is 0.840 bits per heavy atom. The molecule has 25 heavy (non-hydrogen) atoms. The molecular weight excluding hydrogens is 328 g/mol. The van der Waals surface area contributed by atoms with Crippen LogP contribution in [0.15, 0.2) is 42.5 Å². The molecule has 0 saturated carbocycles. The molecule has 0 fully saturated rings. The predicted octanol–water partition coefficient (Wildman–Crippen LogP) is 2.65. The van der Waals surface area contributed by atoms with Crippen LogP contribution >= 0.6 is 0 Å². The molecule has 2 aromatic carbocycles. The van der Waals surface area contributed by atoms with Crippen LogP contribution in [0.2, 0.25) is 0 Å². The maximum Gasteiger partial charge on any atom is 0.357 e. The fourth-order valence-corrected chi connectivity index (χ4v) is 2.23. The van der Waals surface area contributed by atoms with Gasteiger partial charge in [-0.3, -0.25) is 5.10 Å². The highest BCUT2D eigenvalue weighted by Gasteiger charge is 2.13. The summed E-state index contributed by atoms with van der Waals surface area (Å²) in [6.07, 6.45) is 0. The zero-order chi connectivity index (χ0) is 18.6. The molecule has 8 nitrogen and oxygen atoms in total. The van der Waals surface area contributed by atoms with E-state index >= 15 is 0 Å². The average Bonchev–Trinajstić information content (AvgIpc) is 2.99. The van der Waals surface area contributed by atoms with Crippen LogP contribution in [0.25, 0.3) is 10.9 Å². The van der Waals surface area contributed by atoms with Crippen LogP contribution in [-0.2, 0) is 0 Å². The van der Waals surface area contributed by atoms with Crippen LogP contribution in [-0.4, -0.2) is 43.4 Å². The van der Waals surface area contributed by atoms with Gasteiger partial charge in [0.05, 0.1) is 16.6 Å². The summed E-state index contributed by atoms with van der Waals surface area (Å²) >= 11 is 0. The number of carboxylic acids is 3. The highest BCUT2D eigenvalue weighted by molar-refractivity contribution is 6.00. The van der Waals surface area contributed by atoms with E-state index in [1.54, 1.807) is 18.2 Å². The highest BCUT2D eigenvalue weighted by Crippen LogP contribution is 2.14. The topological polar surface area (TPSA) is 141 Å². The van der Waals surface area contributed by atoms with Crippen LogP contribution in [0.5, 0.6) is 0 Å². The van der Waals surface area contributed by atoms with Gasteiger partial charge in [0.1, 0.15) is 0 Å². The Bertz CT molecular complexity index is 928. The first-order chi connectivity index (χ1) is 11.8. The molecule has 1 heterocycles. The number of aromatic amines is 1. The summed E-state index contributed by atoms with van der Waals surface area (Å²) in [5, 5.41) is 33.0. The maximum atomic E-state index is 10.6. The fraction of sp³-hybridized carbons (Fsp3) is 0.0588. The Morgan fingerprint density at radius 2 is 1.40 bits per heavy atom. The van der Waals surface area contributed by atoms with Gasteiger partial charge in [-0.2, -0.15) is 5.10 Å². The minimum atomic E-state index is -1.11. The summed E-state index contributed by atoms with van der Waals surface area (Å²) in [6.45, 7) is 1.48. The number of carboxylic acid groups (broad SMARTS) is 3. The lowest BCUT2D eigenvalue weighted by atomic mass is 10.0. The van der Waals surface area contributed by atoms with E-state index < -0.39 is 17.9 Å². The molecule has 0 bridgehead atoms. The van der Waals surface area contributed by atoms with Crippen LogP contribution in [0.4, 0.5) is 0 Å². The molecule has 0 atom stereocenters. The maximum absolute atomic E-state index is 10.6. The summed E-state index contributed by atoms with van der Waals surface area (Å²) in [5.74, 6) is -3.23. The number of carbonyl (C=O) groups is 3. The smallest absolute Gasteiger partial charge is 0.357 e. The van der Waals surface area contributed by atoms with E-state index in [9.17, 15) is 14.4 Å². The Kier molecular flexibility index (Phi) is 5.13. The number of aromatic nitrogens is 2. The number of hydrogen-bond acceptors (Lipinski definition) is 4. The van der Waals surface area contributed by atoms with Crippen molar-refractivity contribution in [2.75, 3.05) is 0 Å². The minimum Gasteiger partial charge on any atom is -0.478 e. The highest BCUT2D eigenvalue weighted by atomic mass is 16.4. The molecular formula is C17H14N2O6. The summed E-state index contributed by atoms with van der Waals surface area (Å²) in [6, 6.07) is 11.3. The quantitative estimate of drug-likeness (QED) is 0.573. The largest absolute Gasteiger partial charge is 0.478 e. The molecule has 1 aromatic heterocycles. The molecule has 0 aliphatic heterocycles. The van der Waals surface area contributed by atoms with Gasteiger partial charge in [-0.25, -0.2) is 14.4 Å². The first-order valence-electron chi connectivity index (χ1n) is 7.05. The molecule has 0 spiro atoms. The van der Waals surface area contributed by atoms with Gasteiger partial charge in [0.25, 0.3) is 0 Å². The molecule has 0 aliphatic carbocycles. The van der Waals surface area contributed by atoms with Gasteiger partial charge in [-0.1, -0.05) is 24.3 Å². The lowest BCUT2D eigenvalue weighted by molar-refractivity contribution is 0.0679. The summed E-state index contributed by atoms with van der Waals surface area (Å²) in [7, 11) is 0. The number of rotatable bonds is 3. The van der Waals surface area contributed by atoms with Crippen molar-refractivity contribution in [3.05, 3.63) is 64.8 Å². The molecule has 0 unspecified atom stereocenters. The van der Waals surface area contributed by atoms with Crippen molar-refractivity contribution in [2.24, 2.45) is 0 Å². The summed E-state index contributed by atoms with van der Waals surface area (Å²) < 4.78 is 0. The van der Waals surface area contributed by atoms with E-state index in [1.807, 2.05) is 6.07 Å². The standard InChI is InChI=1S/C9H8O4.C8H6N2O2/c1-5-6(8(10)11)3-2-4-7(5)9(12)13;11-8(12)7-5-3-1-2-4-6(5)9-10-7/h2-4H,1H3,(H,10,11)(H,12,13);1-4H,(H,9,10)(H,11,12). The van der Waals surface area contributed by atoms with Crippen molar-refractivity contribution in [3.8, 4) is 0 Å². The molecule has 128 valence electrons. The number of fused-ring (bicyclic) bond motifs is 1. The monoisotopic (exact) mass is 342 g/mol. The van der Waals surface area contributed by atoms with Crippen molar-refractivity contribution < 1.29 is 29.7 Å². The minimum absolute atomic E-state index is 0.0277. The zero-order valence-corrected chi connectivity index (χ0v) is 13.1. The number of nitrogens with zero attached hydrogens (tertiary/aromatic N) is 1. The molecule has 0 saturated heterocycles. The van der Waals surface area contributed by atoms with Crippen molar-refractivity contribution in [1.29, 1.82) is 0 Å². The number of aromatic carboxylic acids is 3. The Balaban J connectivity index is 0.000000181. The number of nitrogens with one attached hydrogen (secondary N) is 1. The lowest BCUT2D eigenvalue weighted by Gasteiger charge is -2.03. The van der Waals surface area contributed by atoms with E-state index in [0.717, 1.165) is 5.52 Å². The molecule has 0 aliphatic rings. The van der Waals surface area contributed by atoms with Crippen LogP contribution in [0.3, 0.4) is 0 Å². The second-order valence-corrected chi connectivity index (χ2v) is 5.01. The second-order valence-electron chi connectivity index (χ2n) is 5.01. The third kappa shape index (κ3) is 3.81. The fourth-order valence-electron chi connectivity index (χ4n) is 2.23. The number of para-hydroxylation sites is 1. The van der Waals surface area contributed by atoms with Gasteiger partial charge in [0.15, 0.2) is 5.69 Å². The summed E-state index contributed by atoms with van der Waals surface area (Å²) in [5.41, 5.74) is 1.16. The first kappa shape index (κ1) is 17.7. The Morgan fingerprint density at radius 3 is 1.92 bits per heavy atom.